The Morgan fingerprint density at radius 2 is 2.33 bits per heavy atom. The van der Waals surface area contributed by atoms with E-state index in [4.69, 9.17) is 5.84 Å². The maximum Gasteiger partial charge on any atom is 0.255 e. The summed E-state index contributed by atoms with van der Waals surface area (Å²) < 4.78 is 0. The number of hydrazine groups is 1. The summed E-state index contributed by atoms with van der Waals surface area (Å²) >= 11 is 1.57. The highest BCUT2D eigenvalue weighted by molar-refractivity contribution is 7.09. The van der Waals surface area contributed by atoms with Crippen LogP contribution >= 0.6 is 11.3 Å². The lowest BCUT2D eigenvalue weighted by Crippen LogP contribution is -2.27. The Hall–Kier alpha value is -1.99. The standard InChI is InChI=1S/C11H13N5OS/c12-16-9-1-3-13-7-8(9)11(17)15-4-2-10-14-5-6-18-10/h1,3,5-7H,2,4,12H2,(H,13,16)(H,15,17). The molecule has 0 unspecified atom stereocenters. The van der Waals surface area contributed by atoms with Crippen LogP contribution in [0.15, 0.2) is 30.0 Å². The van der Waals surface area contributed by atoms with Crippen molar-refractivity contribution < 1.29 is 4.79 Å². The van der Waals surface area contributed by atoms with Crippen LogP contribution in [-0.2, 0) is 6.42 Å². The van der Waals surface area contributed by atoms with E-state index >= 15 is 0 Å². The van der Waals surface area contributed by atoms with Crippen LogP contribution in [0.3, 0.4) is 0 Å². The van der Waals surface area contributed by atoms with Gasteiger partial charge in [0.2, 0.25) is 0 Å². The van der Waals surface area contributed by atoms with Gasteiger partial charge in [0.05, 0.1) is 16.3 Å². The third-order valence-electron chi connectivity index (χ3n) is 2.33. The molecule has 18 heavy (non-hydrogen) atoms. The molecule has 0 aliphatic heterocycles. The summed E-state index contributed by atoms with van der Waals surface area (Å²) in [5, 5.41) is 5.71. The summed E-state index contributed by atoms with van der Waals surface area (Å²) in [4.78, 5) is 19.9. The molecule has 1 amide bonds. The third kappa shape index (κ3) is 3.02. The van der Waals surface area contributed by atoms with Crippen LogP contribution in [0.2, 0.25) is 0 Å². The number of hydrogen-bond acceptors (Lipinski definition) is 6. The molecule has 0 atom stereocenters. The molecule has 0 aromatic carbocycles. The van der Waals surface area contributed by atoms with Gasteiger partial charge < -0.3 is 10.7 Å². The number of thiazole rings is 1. The summed E-state index contributed by atoms with van der Waals surface area (Å²) in [7, 11) is 0. The summed E-state index contributed by atoms with van der Waals surface area (Å²) in [6.07, 6.45) is 5.52. The zero-order chi connectivity index (χ0) is 12.8. The number of carbonyl (C=O) groups is 1. The van der Waals surface area contributed by atoms with Crippen molar-refractivity contribution in [2.45, 2.75) is 6.42 Å². The van der Waals surface area contributed by atoms with Crippen molar-refractivity contribution in [3.8, 4) is 0 Å². The lowest BCUT2D eigenvalue weighted by atomic mass is 10.2. The highest BCUT2D eigenvalue weighted by Crippen LogP contribution is 2.11. The summed E-state index contributed by atoms with van der Waals surface area (Å²) in [5.41, 5.74) is 3.45. The minimum atomic E-state index is -0.201. The maximum atomic E-state index is 11.9. The monoisotopic (exact) mass is 263 g/mol. The number of nitrogen functional groups attached to an aromatic ring is 1. The van der Waals surface area contributed by atoms with Crippen molar-refractivity contribution in [1.29, 1.82) is 0 Å². The molecule has 0 spiro atoms. The van der Waals surface area contributed by atoms with Crippen LogP contribution in [0.1, 0.15) is 15.4 Å². The van der Waals surface area contributed by atoms with E-state index < -0.39 is 0 Å². The van der Waals surface area contributed by atoms with Crippen LogP contribution in [0, 0.1) is 0 Å². The predicted molar refractivity (Wildman–Crippen MR) is 70.2 cm³/mol. The molecule has 2 aromatic heterocycles. The smallest absolute Gasteiger partial charge is 0.255 e. The van der Waals surface area contributed by atoms with Gasteiger partial charge in [0, 0.05) is 36.9 Å². The summed E-state index contributed by atoms with van der Waals surface area (Å²) in [6.45, 7) is 0.533. The zero-order valence-electron chi connectivity index (χ0n) is 9.59. The number of rotatable bonds is 5. The van der Waals surface area contributed by atoms with Gasteiger partial charge in [0.15, 0.2) is 0 Å². The van der Waals surface area contributed by atoms with E-state index in [0.29, 0.717) is 17.8 Å². The molecule has 0 saturated heterocycles. The molecule has 2 rings (SSSR count). The predicted octanol–water partition coefficient (Wildman–Crippen LogP) is 0.796. The molecular weight excluding hydrogens is 250 g/mol. The fraction of sp³-hybridized carbons (Fsp3) is 0.182. The average Bonchev–Trinajstić information content (AvgIpc) is 2.91. The third-order valence-corrected chi connectivity index (χ3v) is 3.17. The Balaban J connectivity index is 1.91. The number of hydrogen-bond donors (Lipinski definition) is 3. The van der Waals surface area contributed by atoms with E-state index in [1.165, 1.54) is 6.20 Å². The molecule has 94 valence electrons. The van der Waals surface area contributed by atoms with E-state index in [-0.39, 0.29) is 5.91 Å². The van der Waals surface area contributed by atoms with Crippen molar-refractivity contribution in [2.24, 2.45) is 5.84 Å². The van der Waals surface area contributed by atoms with Crippen molar-refractivity contribution in [2.75, 3.05) is 12.0 Å². The molecule has 2 aromatic rings. The number of anilines is 1. The molecule has 0 radical (unpaired) electrons. The number of amides is 1. The van der Waals surface area contributed by atoms with Gasteiger partial charge in [0.1, 0.15) is 0 Å². The Morgan fingerprint density at radius 1 is 1.44 bits per heavy atom. The molecule has 0 saturated carbocycles. The van der Waals surface area contributed by atoms with E-state index in [1.54, 1.807) is 29.8 Å². The Bertz CT molecular complexity index is 514. The number of nitrogens with two attached hydrogens (primary N) is 1. The van der Waals surface area contributed by atoms with Gasteiger partial charge in [-0.1, -0.05) is 0 Å². The number of pyridine rings is 1. The highest BCUT2D eigenvalue weighted by atomic mass is 32.1. The number of nitrogens with zero attached hydrogens (tertiary/aromatic N) is 2. The molecule has 2 heterocycles. The molecule has 0 fully saturated rings. The molecule has 0 aliphatic rings. The van der Waals surface area contributed by atoms with E-state index in [2.05, 4.69) is 20.7 Å². The first kappa shape index (κ1) is 12.5. The van der Waals surface area contributed by atoms with Crippen LogP contribution in [-0.4, -0.2) is 22.4 Å². The molecule has 6 nitrogen and oxygen atoms in total. The quantitative estimate of drug-likeness (QED) is 0.548. The van der Waals surface area contributed by atoms with Gasteiger partial charge in [-0.05, 0) is 6.07 Å². The fourth-order valence-corrected chi connectivity index (χ4v) is 2.08. The maximum absolute atomic E-state index is 11.9. The first-order chi connectivity index (χ1) is 8.81. The second kappa shape index (κ2) is 6.08. The number of nitrogens with one attached hydrogen (secondary N) is 2. The van der Waals surface area contributed by atoms with Crippen LogP contribution in [0.25, 0.3) is 0 Å². The normalized spacial score (nSPS) is 10.1. The zero-order valence-corrected chi connectivity index (χ0v) is 10.4. The minimum absolute atomic E-state index is 0.201. The first-order valence-corrected chi connectivity index (χ1v) is 6.26. The first-order valence-electron chi connectivity index (χ1n) is 5.38. The van der Waals surface area contributed by atoms with Gasteiger partial charge >= 0.3 is 0 Å². The van der Waals surface area contributed by atoms with Crippen molar-refractivity contribution >= 4 is 22.9 Å². The van der Waals surface area contributed by atoms with Crippen molar-refractivity contribution in [1.82, 2.24) is 15.3 Å². The second-order valence-corrected chi connectivity index (χ2v) is 4.48. The summed E-state index contributed by atoms with van der Waals surface area (Å²) in [6, 6.07) is 1.65. The van der Waals surface area contributed by atoms with Gasteiger partial charge in [-0.15, -0.1) is 11.3 Å². The van der Waals surface area contributed by atoms with Crippen LogP contribution in [0.5, 0.6) is 0 Å². The van der Waals surface area contributed by atoms with Crippen LogP contribution < -0.4 is 16.6 Å². The number of aromatic nitrogens is 2. The van der Waals surface area contributed by atoms with Gasteiger partial charge in [-0.3, -0.25) is 15.6 Å². The van der Waals surface area contributed by atoms with Crippen LogP contribution in [0.4, 0.5) is 5.69 Å². The Kier molecular flexibility index (Phi) is 4.21. The van der Waals surface area contributed by atoms with Gasteiger partial charge in [-0.2, -0.15) is 0 Å². The van der Waals surface area contributed by atoms with Gasteiger partial charge in [0.25, 0.3) is 5.91 Å². The minimum Gasteiger partial charge on any atom is -0.351 e. The SMILES string of the molecule is NNc1ccncc1C(=O)NCCc1nccs1. The molecule has 7 heteroatoms. The summed E-state index contributed by atoms with van der Waals surface area (Å²) in [5.74, 6) is 5.13. The largest absolute Gasteiger partial charge is 0.351 e. The molecule has 4 N–H and O–H groups in total. The van der Waals surface area contributed by atoms with E-state index in [9.17, 15) is 4.79 Å². The highest BCUT2D eigenvalue weighted by Gasteiger charge is 2.10. The topological polar surface area (TPSA) is 92.9 Å². The average molecular weight is 263 g/mol. The lowest BCUT2D eigenvalue weighted by molar-refractivity contribution is 0.0954. The van der Waals surface area contributed by atoms with Gasteiger partial charge in [-0.25, -0.2) is 4.98 Å². The van der Waals surface area contributed by atoms with Crippen molar-refractivity contribution in [3.05, 3.63) is 40.6 Å². The van der Waals surface area contributed by atoms with E-state index in [0.717, 1.165) is 11.4 Å². The molecule has 0 bridgehead atoms. The second-order valence-electron chi connectivity index (χ2n) is 3.50. The number of carbonyl (C=O) groups excluding carboxylic acids is 1. The lowest BCUT2D eigenvalue weighted by Gasteiger charge is -2.08. The molecular formula is C11H13N5OS. The van der Waals surface area contributed by atoms with Crippen molar-refractivity contribution in [3.63, 3.8) is 0 Å². The fourth-order valence-electron chi connectivity index (χ4n) is 1.46. The Labute approximate surface area is 108 Å². The molecule has 0 aliphatic carbocycles. The van der Waals surface area contributed by atoms with E-state index in [1.807, 2.05) is 5.38 Å². The Morgan fingerprint density at radius 3 is 3.06 bits per heavy atom.